The van der Waals surface area contributed by atoms with Gasteiger partial charge in [0.1, 0.15) is 6.04 Å². The third-order valence-electron chi connectivity index (χ3n) is 3.30. The van der Waals surface area contributed by atoms with E-state index < -0.39 is 27.9 Å². The minimum Gasteiger partial charge on any atom is -0.284 e. The van der Waals surface area contributed by atoms with Crippen molar-refractivity contribution in [3.8, 4) is 0 Å². The Bertz CT molecular complexity index is 657. The van der Waals surface area contributed by atoms with E-state index in [1.54, 1.807) is 12.1 Å². The molecule has 0 radical (unpaired) electrons. The van der Waals surface area contributed by atoms with Crippen LogP contribution < -0.4 is 4.72 Å². The van der Waals surface area contributed by atoms with Gasteiger partial charge in [0.25, 0.3) is 0 Å². The van der Waals surface area contributed by atoms with E-state index >= 15 is 0 Å². The van der Waals surface area contributed by atoms with E-state index in [1.807, 2.05) is 0 Å². The first kappa shape index (κ1) is 15.9. The third kappa shape index (κ3) is 3.42. The standard InChI is InChI=1S/C13H15ClN2O4S/c1-16-12(17)8-11(13(16)18)15-21(19,20)10-4-2-9(3-5-10)6-7-14/h2-5,11,15H,6-8H2,1H3. The monoisotopic (exact) mass is 330 g/mol. The fourth-order valence-electron chi connectivity index (χ4n) is 2.05. The molecule has 1 N–H and O–H groups in total. The summed E-state index contributed by atoms with van der Waals surface area (Å²) in [6, 6.07) is 5.22. The Morgan fingerprint density at radius 3 is 2.38 bits per heavy atom. The lowest BCUT2D eigenvalue weighted by Gasteiger charge is -2.12. The summed E-state index contributed by atoms with van der Waals surface area (Å²) in [5.74, 6) is -0.484. The molecule has 6 nitrogen and oxygen atoms in total. The van der Waals surface area contributed by atoms with Crippen molar-refractivity contribution >= 4 is 33.4 Å². The largest absolute Gasteiger partial charge is 0.284 e. The summed E-state index contributed by atoms with van der Waals surface area (Å²) in [6.07, 6.45) is 0.495. The lowest BCUT2D eigenvalue weighted by molar-refractivity contribution is -0.137. The zero-order valence-corrected chi connectivity index (χ0v) is 12.9. The summed E-state index contributed by atoms with van der Waals surface area (Å²) >= 11 is 5.62. The summed E-state index contributed by atoms with van der Waals surface area (Å²) in [4.78, 5) is 24.1. The van der Waals surface area contributed by atoms with Crippen LogP contribution in [0.5, 0.6) is 0 Å². The van der Waals surface area contributed by atoms with Crippen LogP contribution in [0.15, 0.2) is 29.2 Å². The van der Waals surface area contributed by atoms with Gasteiger partial charge in [-0.3, -0.25) is 14.5 Å². The van der Waals surface area contributed by atoms with E-state index in [4.69, 9.17) is 11.6 Å². The van der Waals surface area contributed by atoms with E-state index in [9.17, 15) is 18.0 Å². The smallest absolute Gasteiger partial charge is 0.247 e. The molecule has 1 aromatic rings. The summed E-state index contributed by atoms with van der Waals surface area (Å²) in [6.45, 7) is 0. The molecule has 21 heavy (non-hydrogen) atoms. The van der Waals surface area contributed by atoms with Crippen LogP contribution in [-0.2, 0) is 26.0 Å². The fraction of sp³-hybridized carbons (Fsp3) is 0.385. The molecular weight excluding hydrogens is 316 g/mol. The highest BCUT2D eigenvalue weighted by molar-refractivity contribution is 7.89. The Hall–Kier alpha value is -1.44. The molecule has 0 spiro atoms. The molecule has 1 aromatic carbocycles. The maximum absolute atomic E-state index is 12.2. The first-order valence-electron chi connectivity index (χ1n) is 6.33. The fourth-order valence-corrected chi connectivity index (χ4v) is 3.45. The molecular formula is C13H15ClN2O4S. The second-order valence-corrected chi connectivity index (χ2v) is 6.84. The molecule has 1 aliphatic heterocycles. The lowest BCUT2D eigenvalue weighted by atomic mass is 10.2. The molecule has 0 bridgehead atoms. The minimum absolute atomic E-state index is 0.0515. The molecule has 1 atom stereocenters. The van der Waals surface area contributed by atoms with Gasteiger partial charge in [-0.05, 0) is 24.1 Å². The van der Waals surface area contributed by atoms with Gasteiger partial charge in [0, 0.05) is 12.9 Å². The van der Waals surface area contributed by atoms with Crippen molar-refractivity contribution in [3.63, 3.8) is 0 Å². The number of nitrogens with zero attached hydrogens (tertiary/aromatic N) is 1. The predicted octanol–water partition coefficient (Wildman–Crippen LogP) is 0.503. The van der Waals surface area contributed by atoms with E-state index in [0.717, 1.165) is 10.5 Å². The Balaban J connectivity index is 2.15. The van der Waals surface area contributed by atoms with Crippen LogP contribution in [0.3, 0.4) is 0 Å². The number of carbonyl (C=O) groups excluding carboxylic acids is 2. The van der Waals surface area contributed by atoms with Gasteiger partial charge in [0.15, 0.2) is 0 Å². The average Bonchev–Trinajstić information content (AvgIpc) is 2.67. The van der Waals surface area contributed by atoms with Crippen LogP contribution in [-0.4, -0.2) is 44.1 Å². The molecule has 114 valence electrons. The van der Waals surface area contributed by atoms with Crippen LogP contribution in [0, 0.1) is 0 Å². The molecule has 2 rings (SSSR count). The maximum atomic E-state index is 12.2. The normalized spacial score (nSPS) is 19.3. The summed E-state index contributed by atoms with van der Waals surface area (Å²) in [7, 11) is -2.50. The van der Waals surface area contributed by atoms with Crippen LogP contribution in [0.1, 0.15) is 12.0 Å². The van der Waals surface area contributed by atoms with Gasteiger partial charge in [-0.2, -0.15) is 4.72 Å². The van der Waals surface area contributed by atoms with E-state index in [-0.39, 0.29) is 11.3 Å². The lowest BCUT2D eigenvalue weighted by Crippen LogP contribution is -2.40. The first-order chi connectivity index (χ1) is 9.85. The Morgan fingerprint density at radius 2 is 1.90 bits per heavy atom. The van der Waals surface area contributed by atoms with Gasteiger partial charge < -0.3 is 0 Å². The number of halogens is 1. The molecule has 1 heterocycles. The number of likely N-dealkylation sites (N-methyl/N-ethyl adjacent to an activating group) is 1. The van der Waals surface area contributed by atoms with Crippen LogP contribution >= 0.6 is 11.6 Å². The number of imide groups is 1. The van der Waals surface area contributed by atoms with E-state index in [1.165, 1.54) is 19.2 Å². The van der Waals surface area contributed by atoms with Gasteiger partial charge in [-0.1, -0.05) is 12.1 Å². The van der Waals surface area contributed by atoms with Crippen molar-refractivity contribution in [1.82, 2.24) is 9.62 Å². The van der Waals surface area contributed by atoms with Gasteiger partial charge in [0.05, 0.1) is 11.3 Å². The summed E-state index contributed by atoms with van der Waals surface area (Å²) < 4.78 is 26.7. The second kappa shape index (κ2) is 6.13. The highest BCUT2D eigenvalue weighted by atomic mass is 35.5. The summed E-state index contributed by atoms with van der Waals surface area (Å²) in [5, 5.41) is 0. The van der Waals surface area contributed by atoms with Crippen LogP contribution in [0.2, 0.25) is 0 Å². The zero-order chi connectivity index (χ0) is 15.6. The SMILES string of the molecule is CN1C(=O)CC(NS(=O)(=O)c2ccc(CCCl)cc2)C1=O. The molecule has 0 aromatic heterocycles. The number of hydrogen-bond donors (Lipinski definition) is 1. The number of carbonyl (C=O) groups is 2. The predicted molar refractivity (Wildman–Crippen MR) is 77.4 cm³/mol. The van der Waals surface area contributed by atoms with Crippen molar-refractivity contribution in [1.29, 1.82) is 0 Å². The Labute approximate surface area is 128 Å². The number of amides is 2. The zero-order valence-electron chi connectivity index (χ0n) is 11.4. The van der Waals surface area contributed by atoms with Crippen LogP contribution in [0.25, 0.3) is 0 Å². The molecule has 1 saturated heterocycles. The van der Waals surface area contributed by atoms with Crippen molar-refractivity contribution in [3.05, 3.63) is 29.8 Å². The molecule has 1 aliphatic rings. The van der Waals surface area contributed by atoms with Crippen molar-refractivity contribution in [2.75, 3.05) is 12.9 Å². The third-order valence-corrected chi connectivity index (χ3v) is 4.97. The van der Waals surface area contributed by atoms with Gasteiger partial charge in [-0.25, -0.2) is 8.42 Å². The van der Waals surface area contributed by atoms with Crippen LogP contribution in [0.4, 0.5) is 0 Å². The highest BCUT2D eigenvalue weighted by Crippen LogP contribution is 2.16. The van der Waals surface area contributed by atoms with Gasteiger partial charge in [0.2, 0.25) is 21.8 Å². The van der Waals surface area contributed by atoms with E-state index in [2.05, 4.69) is 4.72 Å². The minimum atomic E-state index is -3.84. The first-order valence-corrected chi connectivity index (χ1v) is 8.34. The molecule has 2 amide bonds. The average molecular weight is 331 g/mol. The molecule has 1 fully saturated rings. The highest BCUT2D eigenvalue weighted by Gasteiger charge is 2.38. The number of likely N-dealkylation sites (tertiary alicyclic amines) is 1. The molecule has 1 unspecified atom stereocenters. The summed E-state index contributed by atoms with van der Waals surface area (Å²) in [5.41, 5.74) is 0.927. The van der Waals surface area contributed by atoms with Gasteiger partial charge >= 0.3 is 0 Å². The number of sulfonamides is 1. The number of benzene rings is 1. The van der Waals surface area contributed by atoms with Gasteiger partial charge in [-0.15, -0.1) is 11.6 Å². The molecule has 0 saturated carbocycles. The van der Waals surface area contributed by atoms with Crippen molar-refractivity contribution < 1.29 is 18.0 Å². The Kier molecular flexibility index (Phi) is 4.65. The number of nitrogens with one attached hydrogen (secondary N) is 1. The number of aryl methyl sites for hydroxylation is 1. The molecule has 8 heteroatoms. The molecule has 0 aliphatic carbocycles. The van der Waals surface area contributed by atoms with Crippen molar-refractivity contribution in [2.24, 2.45) is 0 Å². The maximum Gasteiger partial charge on any atom is 0.247 e. The van der Waals surface area contributed by atoms with Crippen molar-refractivity contribution in [2.45, 2.75) is 23.8 Å². The second-order valence-electron chi connectivity index (χ2n) is 4.75. The van der Waals surface area contributed by atoms with E-state index in [0.29, 0.717) is 12.3 Å². The number of alkyl halides is 1. The number of rotatable bonds is 5. The topological polar surface area (TPSA) is 83.6 Å². The quantitative estimate of drug-likeness (QED) is 0.629. The Morgan fingerprint density at radius 1 is 1.29 bits per heavy atom. The number of hydrogen-bond acceptors (Lipinski definition) is 4.